The number of amides is 1. The fourth-order valence-corrected chi connectivity index (χ4v) is 4.08. The lowest BCUT2D eigenvalue weighted by atomic mass is 9.94. The van der Waals surface area contributed by atoms with E-state index in [1.165, 1.54) is 6.07 Å². The highest BCUT2D eigenvalue weighted by Gasteiger charge is 2.35. The predicted octanol–water partition coefficient (Wildman–Crippen LogP) is 4.79. The molecule has 2 heterocycles. The van der Waals surface area contributed by atoms with E-state index < -0.39 is 6.04 Å². The number of anilines is 2. The van der Waals surface area contributed by atoms with Crippen LogP contribution >= 0.6 is 12.2 Å². The molecule has 1 aromatic heterocycles. The molecule has 0 radical (unpaired) electrons. The summed E-state index contributed by atoms with van der Waals surface area (Å²) in [6.07, 6.45) is 0. The number of rotatable bonds is 5. The Balaban J connectivity index is 1.80. The Morgan fingerprint density at radius 1 is 1.18 bits per heavy atom. The summed E-state index contributed by atoms with van der Waals surface area (Å²) in [7, 11) is 1.59. The first-order chi connectivity index (χ1) is 15.8. The first-order valence-electron chi connectivity index (χ1n) is 10.2. The SMILES string of the molecule is COc1ccc(C2NC(=S)N(c3ccc(C)c(F)c3)C(C)=C2C(=O)Nc2cc(C)on2)cc1. The predicted molar refractivity (Wildman–Crippen MR) is 128 cm³/mol. The highest BCUT2D eigenvalue weighted by molar-refractivity contribution is 7.80. The van der Waals surface area contributed by atoms with Crippen molar-refractivity contribution in [2.24, 2.45) is 0 Å². The molecule has 0 fully saturated rings. The number of carbonyl (C=O) groups is 1. The first-order valence-corrected chi connectivity index (χ1v) is 10.7. The van der Waals surface area contributed by atoms with Crippen molar-refractivity contribution >= 4 is 34.7 Å². The largest absolute Gasteiger partial charge is 0.497 e. The van der Waals surface area contributed by atoms with Crippen LogP contribution in [-0.2, 0) is 4.79 Å². The summed E-state index contributed by atoms with van der Waals surface area (Å²) in [6.45, 7) is 5.21. The Hall–Kier alpha value is -3.72. The van der Waals surface area contributed by atoms with Gasteiger partial charge >= 0.3 is 0 Å². The van der Waals surface area contributed by atoms with Gasteiger partial charge in [-0.2, -0.15) is 0 Å². The summed E-state index contributed by atoms with van der Waals surface area (Å²) in [5.41, 5.74) is 2.83. The van der Waals surface area contributed by atoms with Gasteiger partial charge in [0, 0.05) is 11.8 Å². The van der Waals surface area contributed by atoms with Crippen molar-refractivity contribution in [1.29, 1.82) is 0 Å². The number of carbonyl (C=O) groups excluding carboxylic acids is 1. The van der Waals surface area contributed by atoms with E-state index in [-0.39, 0.29) is 11.7 Å². The molecule has 0 spiro atoms. The van der Waals surface area contributed by atoms with E-state index in [0.717, 1.165) is 5.56 Å². The molecule has 0 saturated heterocycles. The average molecular weight is 467 g/mol. The summed E-state index contributed by atoms with van der Waals surface area (Å²) in [5.74, 6) is 0.826. The van der Waals surface area contributed by atoms with Crippen LogP contribution in [0, 0.1) is 19.7 Å². The maximum Gasteiger partial charge on any atom is 0.257 e. The minimum Gasteiger partial charge on any atom is -0.497 e. The quantitative estimate of drug-likeness (QED) is 0.524. The highest BCUT2D eigenvalue weighted by atomic mass is 32.1. The fourth-order valence-electron chi connectivity index (χ4n) is 3.72. The third kappa shape index (κ3) is 4.45. The number of ether oxygens (including phenoxy) is 1. The zero-order valence-electron chi connectivity index (χ0n) is 18.6. The first kappa shape index (κ1) is 22.5. The van der Waals surface area contributed by atoms with Crippen molar-refractivity contribution in [3.05, 3.63) is 82.5 Å². The molecule has 4 rings (SSSR count). The lowest BCUT2D eigenvalue weighted by Crippen LogP contribution is -2.48. The van der Waals surface area contributed by atoms with E-state index in [2.05, 4.69) is 15.8 Å². The van der Waals surface area contributed by atoms with Gasteiger partial charge < -0.3 is 19.9 Å². The van der Waals surface area contributed by atoms with E-state index in [4.69, 9.17) is 21.5 Å². The van der Waals surface area contributed by atoms with Gasteiger partial charge in [0.25, 0.3) is 5.91 Å². The second kappa shape index (κ2) is 9.03. The molecule has 1 atom stereocenters. The third-order valence-corrected chi connectivity index (χ3v) is 5.76. The number of aryl methyl sites for hydroxylation is 2. The van der Waals surface area contributed by atoms with Gasteiger partial charge in [0.1, 0.15) is 17.3 Å². The number of benzene rings is 2. The number of hydrogen-bond donors (Lipinski definition) is 2. The third-order valence-electron chi connectivity index (χ3n) is 5.46. The maximum atomic E-state index is 14.3. The molecule has 1 aliphatic rings. The van der Waals surface area contributed by atoms with Crippen LogP contribution in [0.25, 0.3) is 0 Å². The number of allylic oxidation sites excluding steroid dienone is 1. The summed E-state index contributed by atoms with van der Waals surface area (Å²) < 4.78 is 24.6. The molecule has 2 N–H and O–H groups in total. The molecule has 1 unspecified atom stereocenters. The van der Waals surface area contributed by atoms with Gasteiger partial charge in [0.15, 0.2) is 10.9 Å². The van der Waals surface area contributed by atoms with Crippen molar-refractivity contribution in [2.45, 2.75) is 26.8 Å². The molecule has 1 amide bonds. The summed E-state index contributed by atoms with van der Waals surface area (Å²) in [6, 6.07) is 13.3. The molecular weight excluding hydrogens is 443 g/mol. The van der Waals surface area contributed by atoms with Gasteiger partial charge in [-0.15, -0.1) is 0 Å². The molecular formula is C24H23FN4O3S. The second-order valence-corrected chi connectivity index (χ2v) is 8.09. The minimum atomic E-state index is -0.539. The van der Waals surface area contributed by atoms with Crippen LogP contribution in [0.2, 0.25) is 0 Å². The molecule has 1 aliphatic heterocycles. The summed E-state index contributed by atoms with van der Waals surface area (Å²) in [4.78, 5) is 15.1. The topological polar surface area (TPSA) is 79.6 Å². The number of nitrogens with zero attached hydrogens (tertiary/aromatic N) is 2. The molecule has 2 aromatic carbocycles. The average Bonchev–Trinajstić information content (AvgIpc) is 3.20. The van der Waals surface area contributed by atoms with Crippen LogP contribution < -0.4 is 20.3 Å². The van der Waals surface area contributed by atoms with Crippen molar-refractivity contribution in [2.75, 3.05) is 17.3 Å². The van der Waals surface area contributed by atoms with E-state index in [1.807, 2.05) is 24.3 Å². The summed E-state index contributed by atoms with van der Waals surface area (Å²) in [5, 5.41) is 10.2. The van der Waals surface area contributed by atoms with Gasteiger partial charge in [-0.3, -0.25) is 9.69 Å². The smallest absolute Gasteiger partial charge is 0.257 e. The van der Waals surface area contributed by atoms with Crippen molar-refractivity contribution < 1.29 is 18.4 Å². The molecule has 33 heavy (non-hydrogen) atoms. The number of hydrogen-bond acceptors (Lipinski definition) is 5. The number of nitrogens with one attached hydrogen (secondary N) is 2. The Morgan fingerprint density at radius 3 is 2.52 bits per heavy atom. The van der Waals surface area contributed by atoms with Gasteiger partial charge in [-0.1, -0.05) is 23.4 Å². The normalized spacial score (nSPS) is 16.0. The zero-order chi connectivity index (χ0) is 23.7. The molecule has 170 valence electrons. The van der Waals surface area contributed by atoms with Crippen LogP contribution in [0.1, 0.15) is 29.9 Å². The Kier molecular flexibility index (Phi) is 6.15. The Morgan fingerprint density at radius 2 is 1.91 bits per heavy atom. The Bertz CT molecular complexity index is 1250. The van der Waals surface area contributed by atoms with Crippen LogP contribution in [0.4, 0.5) is 15.9 Å². The Labute approximate surface area is 196 Å². The lowest BCUT2D eigenvalue weighted by Gasteiger charge is -2.38. The number of halogens is 1. The van der Waals surface area contributed by atoms with Gasteiger partial charge in [0.2, 0.25) is 0 Å². The van der Waals surface area contributed by atoms with Crippen LogP contribution in [0.3, 0.4) is 0 Å². The number of thiocarbonyl (C=S) groups is 1. The molecule has 0 saturated carbocycles. The lowest BCUT2D eigenvalue weighted by molar-refractivity contribution is -0.113. The highest BCUT2D eigenvalue weighted by Crippen LogP contribution is 2.35. The molecule has 3 aromatic rings. The fraction of sp³-hybridized carbons (Fsp3) is 0.208. The minimum absolute atomic E-state index is 0.298. The number of aromatic nitrogens is 1. The molecule has 7 nitrogen and oxygen atoms in total. The van der Waals surface area contributed by atoms with E-state index in [1.54, 1.807) is 51.0 Å². The second-order valence-electron chi connectivity index (χ2n) is 7.70. The monoisotopic (exact) mass is 466 g/mol. The maximum absolute atomic E-state index is 14.3. The number of methoxy groups -OCH3 is 1. The van der Waals surface area contributed by atoms with Gasteiger partial charge in [0.05, 0.1) is 24.4 Å². The van der Waals surface area contributed by atoms with Crippen molar-refractivity contribution in [3.63, 3.8) is 0 Å². The van der Waals surface area contributed by atoms with Gasteiger partial charge in [-0.25, -0.2) is 4.39 Å². The summed E-state index contributed by atoms with van der Waals surface area (Å²) >= 11 is 5.64. The van der Waals surface area contributed by atoms with Crippen LogP contribution in [0.5, 0.6) is 5.75 Å². The standard InChI is InChI=1S/C24H23FN4O3S/c1-13-5-8-17(12-19(13)25)29-15(3)21(23(30)26-20-11-14(2)32-28-20)22(27-24(29)33)16-6-9-18(31-4)10-7-16/h5-12,22H,1-4H3,(H,27,33)(H,26,28,30). The molecule has 9 heteroatoms. The van der Waals surface area contributed by atoms with Crippen molar-refractivity contribution in [1.82, 2.24) is 10.5 Å². The zero-order valence-corrected chi connectivity index (χ0v) is 19.4. The van der Waals surface area contributed by atoms with E-state index >= 15 is 0 Å². The van der Waals surface area contributed by atoms with Crippen molar-refractivity contribution in [3.8, 4) is 5.75 Å². The van der Waals surface area contributed by atoms with E-state index in [9.17, 15) is 9.18 Å². The van der Waals surface area contributed by atoms with Crippen LogP contribution in [-0.4, -0.2) is 23.3 Å². The molecule has 0 bridgehead atoms. The molecule has 0 aliphatic carbocycles. The van der Waals surface area contributed by atoms with E-state index in [0.29, 0.717) is 45.0 Å². The van der Waals surface area contributed by atoms with Gasteiger partial charge in [-0.05, 0) is 68.4 Å². The van der Waals surface area contributed by atoms with Crippen LogP contribution in [0.15, 0.2) is 64.3 Å².